The van der Waals surface area contributed by atoms with Crippen LogP contribution in [0.4, 0.5) is 4.39 Å². The summed E-state index contributed by atoms with van der Waals surface area (Å²) >= 11 is 0. The number of aliphatic imine (C=N–C) groups is 1. The van der Waals surface area contributed by atoms with E-state index in [4.69, 9.17) is 0 Å². The minimum atomic E-state index is -1.46. The smallest absolute Gasteiger partial charge is 0.356 e. The molecular weight excluding hydrogens is 213 g/mol. The second kappa shape index (κ2) is 3.84. The average Bonchev–Trinajstić information content (AvgIpc) is 2.29. The number of rotatable bonds is 1. The third-order valence-corrected chi connectivity index (χ3v) is 2.25. The first-order valence-electron chi connectivity index (χ1n) is 4.59. The van der Waals surface area contributed by atoms with Crippen molar-refractivity contribution in [2.45, 2.75) is 6.17 Å². The molecule has 1 unspecified atom stereocenters. The van der Waals surface area contributed by atoms with E-state index < -0.39 is 17.9 Å². The molecule has 0 spiro atoms. The molecule has 0 bridgehead atoms. The standard InChI is InChI=1S/C11H8FNO3/c1-16-11(15)8-5-9(14)6-3-2-4-7(12)10(6)13-8/h2-5,7H,1H3. The Bertz CT molecular complexity index is 485. The van der Waals surface area contributed by atoms with Gasteiger partial charge in [0.25, 0.3) is 0 Å². The van der Waals surface area contributed by atoms with Crippen molar-refractivity contribution in [1.82, 2.24) is 0 Å². The van der Waals surface area contributed by atoms with Crippen molar-refractivity contribution >= 4 is 17.5 Å². The van der Waals surface area contributed by atoms with Gasteiger partial charge in [-0.25, -0.2) is 14.2 Å². The lowest BCUT2D eigenvalue weighted by Crippen LogP contribution is -2.27. The number of hydrogen-bond acceptors (Lipinski definition) is 4. The molecule has 0 fully saturated rings. The number of esters is 1. The van der Waals surface area contributed by atoms with Crippen molar-refractivity contribution in [3.8, 4) is 0 Å². The lowest BCUT2D eigenvalue weighted by molar-refractivity contribution is -0.136. The van der Waals surface area contributed by atoms with Gasteiger partial charge in [0.05, 0.1) is 12.8 Å². The summed E-state index contributed by atoms with van der Waals surface area (Å²) in [4.78, 5) is 26.5. The molecule has 1 heterocycles. The quantitative estimate of drug-likeness (QED) is 0.618. The van der Waals surface area contributed by atoms with E-state index >= 15 is 0 Å². The SMILES string of the molecule is COC(=O)C1=CC(=O)C2=CC=CC(F)C2=N1. The summed E-state index contributed by atoms with van der Waals surface area (Å²) < 4.78 is 17.9. The van der Waals surface area contributed by atoms with Crippen LogP contribution in [0, 0.1) is 0 Å². The number of nitrogens with zero attached hydrogens (tertiary/aromatic N) is 1. The van der Waals surface area contributed by atoms with Gasteiger partial charge in [0.15, 0.2) is 17.7 Å². The summed E-state index contributed by atoms with van der Waals surface area (Å²) in [5.41, 5.74) is -0.0179. The normalized spacial score (nSPS) is 23.0. The zero-order valence-corrected chi connectivity index (χ0v) is 8.44. The second-order valence-electron chi connectivity index (χ2n) is 3.25. The van der Waals surface area contributed by atoms with E-state index in [1.807, 2.05) is 0 Å². The Hall–Kier alpha value is -2.04. The number of carbonyl (C=O) groups is 2. The van der Waals surface area contributed by atoms with Crippen molar-refractivity contribution < 1.29 is 18.7 Å². The number of fused-ring (bicyclic) bond motifs is 1. The van der Waals surface area contributed by atoms with Gasteiger partial charge in [0.1, 0.15) is 0 Å². The summed E-state index contributed by atoms with van der Waals surface area (Å²) in [6, 6.07) is 0. The molecule has 0 aromatic rings. The monoisotopic (exact) mass is 221 g/mol. The fourth-order valence-electron chi connectivity index (χ4n) is 1.48. The first-order valence-corrected chi connectivity index (χ1v) is 4.59. The number of carbonyl (C=O) groups excluding carboxylic acids is 2. The Morgan fingerprint density at radius 3 is 3.00 bits per heavy atom. The van der Waals surface area contributed by atoms with Crippen molar-refractivity contribution in [1.29, 1.82) is 0 Å². The highest BCUT2D eigenvalue weighted by atomic mass is 19.1. The first-order chi connectivity index (χ1) is 7.63. The van der Waals surface area contributed by atoms with Gasteiger partial charge in [-0.05, 0) is 12.2 Å². The molecule has 1 aliphatic carbocycles. The highest BCUT2D eigenvalue weighted by Gasteiger charge is 2.29. The molecule has 0 aromatic carbocycles. The summed E-state index contributed by atoms with van der Waals surface area (Å²) in [6.07, 6.45) is 3.77. The average molecular weight is 221 g/mol. The molecule has 1 aliphatic heterocycles. The van der Waals surface area contributed by atoms with E-state index in [0.29, 0.717) is 0 Å². The predicted molar refractivity (Wildman–Crippen MR) is 54.7 cm³/mol. The molecule has 0 amide bonds. The van der Waals surface area contributed by atoms with Crippen LogP contribution in [0.15, 0.2) is 40.6 Å². The highest BCUT2D eigenvalue weighted by molar-refractivity contribution is 6.31. The topological polar surface area (TPSA) is 55.7 Å². The molecule has 0 radical (unpaired) electrons. The maximum Gasteiger partial charge on any atom is 0.356 e. The van der Waals surface area contributed by atoms with Gasteiger partial charge in [0.2, 0.25) is 0 Å². The fraction of sp³-hybridized carbons (Fsp3) is 0.182. The van der Waals surface area contributed by atoms with E-state index in [1.165, 1.54) is 25.3 Å². The lowest BCUT2D eigenvalue weighted by atomic mass is 9.94. The van der Waals surface area contributed by atoms with Gasteiger partial charge in [0, 0.05) is 11.6 Å². The predicted octanol–water partition coefficient (Wildman–Crippen LogP) is 0.901. The summed E-state index contributed by atoms with van der Waals surface area (Å²) in [5.74, 6) is -1.18. The molecule has 2 rings (SSSR count). The lowest BCUT2D eigenvalue weighted by Gasteiger charge is -2.17. The number of allylic oxidation sites excluding steroid dienone is 5. The largest absolute Gasteiger partial charge is 0.464 e. The minimum absolute atomic E-state index is 0.0320. The Labute approximate surface area is 90.8 Å². The number of halogens is 1. The van der Waals surface area contributed by atoms with Crippen molar-refractivity contribution in [2.75, 3.05) is 7.11 Å². The van der Waals surface area contributed by atoms with Crippen molar-refractivity contribution in [3.05, 3.63) is 35.6 Å². The van der Waals surface area contributed by atoms with Crippen LogP contribution in [0.25, 0.3) is 0 Å². The Kier molecular flexibility index (Phi) is 2.52. The van der Waals surface area contributed by atoms with E-state index in [0.717, 1.165) is 6.08 Å². The molecule has 82 valence electrons. The van der Waals surface area contributed by atoms with Gasteiger partial charge in [-0.3, -0.25) is 4.79 Å². The Morgan fingerprint density at radius 1 is 1.56 bits per heavy atom. The van der Waals surface area contributed by atoms with Crippen LogP contribution >= 0.6 is 0 Å². The maximum absolute atomic E-state index is 13.4. The molecule has 0 saturated heterocycles. The van der Waals surface area contributed by atoms with Crippen LogP contribution < -0.4 is 0 Å². The van der Waals surface area contributed by atoms with E-state index in [2.05, 4.69) is 9.73 Å². The number of ether oxygens (including phenoxy) is 1. The minimum Gasteiger partial charge on any atom is -0.464 e. The van der Waals surface area contributed by atoms with Crippen LogP contribution in [-0.4, -0.2) is 30.7 Å². The Balaban J connectivity index is 2.44. The van der Waals surface area contributed by atoms with E-state index in [9.17, 15) is 14.0 Å². The number of ketones is 1. The molecule has 0 N–H and O–H groups in total. The van der Waals surface area contributed by atoms with Crippen LogP contribution in [0.3, 0.4) is 0 Å². The highest BCUT2D eigenvalue weighted by Crippen LogP contribution is 2.21. The van der Waals surface area contributed by atoms with Gasteiger partial charge in [-0.15, -0.1) is 0 Å². The number of hydrogen-bond donors (Lipinski definition) is 0. The second-order valence-corrected chi connectivity index (χ2v) is 3.25. The summed E-state index contributed by atoms with van der Waals surface area (Å²) in [6.45, 7) is 0. The zero-order chi connectivity index (χ0) is 11.7. The van der Waals surface area contributed by atoms with E-state index in [-0.39, 0.29) is 17.0 Å². The number of alkyl halides is 1. The number of methoxy groups -OCH3 is 1. The molecule has 2 aliphatic rings. The first kappa shape index (κ1) is 10.5. The van der Waals surface area contributed by atoms with Gasteiger partial charge in [-0.1, -0.05) is 6.08 Å². The van der Waals surface area contributed by atoms with Crippen molar-refractivity contribution in [2.24, 2.45) is 4.99 Å². The molecule has 0 saturated carbocycles. The fourth-order valence-corrected chi connectivity index (χ4v) is 1.48. The van der Waals surface area contributed by atoms with Crippen LogP contribution in [0.1, 0.15) is 0 Å². The zero-order valence-electron chi connectivity index (χ0n) is 8.44. The maximum atomic E-state index is 13.4. The summed E-state index contributed by atoms with van der Waals surface area (Å²) in [7, 11) is 1.17. The molecule has 4 nitrogen and oxygen atoms in total. The third-order valence-electron chi connectivity index (χ3n) is 2.25. The van der Waals surface area contributed by atoms with Crippen LogP contribution in [-0.2, 0) is 14.3 Å². The molecule has 1 atom stereocenters. The third kappa shape index (κ3) is 1.60. The van der Waals surface area contributed by atoms with E-state index in [1.54, 1.807) is 0 Å². The summed E-state index contributed by atoms with van der Waals surface area (Å²) in [5, 5.41) is 0. The molecular formula is C11H8FNO3. The van der Waals surface area contributed by atoms with Crippen LogP contribution in [0.5, 0.6) is 0 Å². The molecule has 16 heavy (non-hydrogen) atoms. The Morgan fingerprint density at radius 2 is 2.31 bits per heavy atom. The molecule has 5 heteroatoms. The molecule has 0 aromatic heterocycles. The van der Waals surface area contributed by atoms with Gasteiger partial charge in [-0.2, -0.15) is 0 Å². The van der Waals surface area contributed by atoms with Crippen molar-refractivity contribution in [3.63, 3.8) is 0 Å². The van der Waals surface area contributed by atoms with Gasteiger partial charge < -0.3 is 4.74 Å². The van der Waals surface area contributed by atoms with Crippen LogP contribution in [0.2, 0.25) is 0 Å². The van der Waals surface area contributed by atoms with Gasteiger partial charge >= 0.3 is 5.97 Å².